The molecule has 1 aromatic rings. The lowest BCUT2D eigenvalue weighted by atomic mass is 9.73. The summed E-state index contributed by atoms with van der Waals surface area (Å²) in [5.74, 6) is 1.03. The molecule has 2 atom stereocenters. The number of carbonyl (C=O) groups is 1. The highest BCUT2D eigenvalue weighted by Crippen LogP contribution is 2.47. The average molecular weight is 454 g/mol. The Morgan fingerprint density at radius 2 is 2.06 bits per heavy atom. The van der Waals surface area contributed by atoms with Crippen molar-refractivity contribution in [2.24, 2.45) is 5.92 Å². The number of rotatable bonds is 9. The van der Waals surface area contributed by atoms with Crippen LogP contribution in [0.15, 0.2) is 48.3 Å². The fourth-order valence-corrected chi connectivity index (χ4v) is 4.78. The zero-order chi connectivity index (χ0) is 23.8. The Balaban J connectivity index is 1.90. The lowest BCUT2D eigenvalue weighted by Gasteiger charge is -2.32. The van der Waals surface area contributed by atoms with Crippen molar-refractivity contribution >= 4 is 5.91 Å². The van der Waals surface area contributed by atoms with Gasteiger partial charge in [-0.1, -0.05) is 43.6 Å². The maximum atomic E-state index is 12.5. The number of unbranched alkanes of at least 4 members (excludes halogenated alkanes) is 2. The third kappa shape index (κ3) is 6.73. The number of nitrogens with zero attached hydrogens (tertiary/aromatic N) is 1. The van der Waals surface area contributed by atoms with E-state index in [-0.39, 0.29) is 23.5 Å². The Kier molecular flexibility index (Phi) is 9.19. The summed E-state index contributed by atoms with van der Waals surface area (Å²) < 4.78 is 11.4. The van der Waals surface area contributed by atoms with Crippen LogP contribution < -0.4 is 4.74 Å². The number of aromatic hydroxyl groups is 1. The molecule has 1 heterocycles. The molecule has 1 saturated heterocycles. The van der Waals surface area contributed by atoms with Gasteiger partial charge in [-0.2, -0.15) is 0 Å². The van der Waals surface area contributed by atoms with Crippen molar-refractivity contribution in [2.75, 3.05) is 26.3 Å². The molecule has 0 saturated carbocycles. The third-order valence-corrected chi connectivity index (χ3v) is 6.69. The van der Waals surface area contributed by atoms with Crippen molar-refractivity contribution in [3.05, 3.63) is 59.4 Å². The number of carbonyl (C=O) groups excluding carboxylic acids is 1. The van der Waals surface area contributed by atoms with Gasteiger partial charge >= 0.3 is 0 Å². The van der Waals surface area contributed by atoms with Crippen LogP contribution in [0.4, 0.5) is 0 Å². The van der Waals surface area contributed by atoms with Crippen LogP contribution >= 0.6 is 0 Å². The summed E-state index contributed by atoms with van der Waals surface area (Å²) in [6.07, 6.45) is 11.5. The summed E-state index contributed by atoms with van der Waals surface area (Å²) in [5, 5.41) is 11.1. The van der Waals surface area contributed by atoms with Crippen LogP contribution in [0.2, 0.25) is 0 Å². The highest BCUT2D eigenvalue weighted by molar-refractivity contribution is 5.87. The molecular formula is C28H39NO4. The van der Waals surface area contributed by atoms with E-state index in [9.17, 15) is 9.90 Å². The second-order valence-electron chi connectivity index (χ2n) is 9.37. The van der Waals surface area contributed by atoms with Crippen LogP contribution in [0.5, 0.6) is 11.5 Å². The van der Waals surface area contributed by atoms with E-state index in [4.69, 9.17) is 9.47 Å². The number of hydrogen-bond donors (Lipinski definition) is 1. The summed E-state index contributed by atoms with van der Waals surface area (Å²) >= 11 is 0. The minimum absolute atomic E-state index is 0.000661. The number of aryl methyl sites for hydroxylation is 1. The number of phenols is 1. The molecule has 1 aliphatic heterocycles. The first-order chi connectivity index (χ1) is 15.9. The van der Waals surface area contributed by atoms with Crippen LogP contribution in [0, 0.1) is 5.92 Å². The first-order valence-electron chi connectivity index (χ1n) is 12.3. The monoisotopic (exact) mass is 453 g/mol. The Morgan fingerprint density at radius 1 is 1.30 bits per heavy atom. The summed E-state index contributed by atoms with van der Waals surface area (Å²) in [5.41, 5.74) is 4.26. The molecule has 1 aromatic carbocycles. The molecule has 1 amide bonds. The highest BCUT2D eigenvalue weighted by Gasteiger charge is 2.30. The SMILES string of the molecule is C=C(C)[C@@H]1CCC(C)=C[C@H]1c1c(O)cc(CCCCC)cc1O/C=C/C(=O)N1CCOCC1. The zero-order valence-corrected chi connectivity index (χ0v) is 20.4. The van der Waals surface area contributed by atoms with Gasteiger partial charge in [0.2, 0.25) is 5.91 Å². The number of ether oxygens (including phenoxy) is 2. The van der Waals surface area contributed by atoms with E-state index < -0.39 is 0 Å². The van der Waals surface area contributed by atoms with Crippen molar-refractivity contribution in [3.63, 3.8) is 0 Å². The van der Waals surface area contributed by atoms with Gasteiger partial charge in [0, 0.05) is 30.6 Å². The summed E-state index contributed by atoms with van der Waals surface area (Å²) in [6.45, 7) is 12.9. The highest BCUT2D eigenvalue weighted by atomic mass is 16.5. The molecule has 180 valence electrons. The van der Waals surface area contributed by atoms with Crippen LogP contribution in [-0.4, -0.2) is 42.2 Å². The fraction of sp³-hybridized carbons (Fsp3) is 0.536. The predicted octanol–water partition coefficient (Wildman–Crippen LogP) is 5.89. The first kappa shape index (κ1) is 25.1. The normalized spacial score (nSPS) is 21.2. The topological polar surface area (TPSA) is 59.0 Å². The first-order valence-corrected chi connectivity index (χ1v) is 12.3. The van der Waals surface area contributed by atoms with Crippen LogP contribution in [0.3, 0.4) is 0 Å². The number of allylic oxidation sites excluding steroid dienone is 3. The minimum Gasteiger partial charge on any atom is -0.507 e. The predicted molar refractivity (Wildman–Crippen MR) is 133 cm³/mol. The Bertz CT molecular complexity index is 895. The maximum absolute atomic E-state index is 12.5. The van der Waals surface area contributed by atoms with Crippen LogP contribution in [0.25, 0.3) is 0 Å². The van der Waals surface area contributed by atoms with Gasteiger partial charge in [0.05, 0.1) is 19.5 Å². The molecule has 0 bridgehead atoms. The van der Waals surface area contributed by atoms with E-state index in [2.05, 4.69) is 33.4 Å². The van der Waals surface area contributed by atoms with E-state index in [1.165, 1.54) is 17.9 Å². The van der Waals surface area contributed by atoms with Gasteiger partial charge in [-0.15, -0.1) is 0 Å². The lowest BCUT2D eigenvalue weighted by molar-refractivity contribution is -0.130. The van der Waals surface area contributed by atoms with Crippen molar-refractivity contribution in [2.45, 2.75) is 65.2 Å². The van der Waals surface area contributed by atoms with Gasteiger partial charge in [0.15, 0.2) is 0 Å². The van der Waals surface area contributed by atoms with E-state index in [1.807, 2.05) is 12.1 Å². The van der Waals surface area contributed by atoms with Gasteiger partial charge in [-0.05, 0) is 63.1 Å². The van der Waals surface area contributed by atoms with Gasteiger partial charge in [-0.25, -0.2) is 0 Å². The second-order valence-corrected chi connectivity index (χ2v) is 9.37. The molecule has 1 N–H and O–H groups in total. The number of amides is 1. The van der Waals surface area contributed by atoms with Crippen molar-refractivity contribution in [1.29, 1.82) is 0 Å². The Labute approximate surface area is 198 Å². The average Bonchev–Trinajstić information content (AvgIpc) is 2.79. The number of phenolic OH excluding ortho intramolecular Hbond substituents is 1. The van der Waals surface area contributed by atoms with Crippen molar-refractivity contribution in [3.8, 4) is 11.5 Å². The largest absolute Gasteiger partial charge is 0.507 e. The number of benzene rings is 1. The molecule has 5 heteroatoms. The van der Waals surface area contributed by atoms with Gasteiger partial charge in [-0.3, -0.25) is 4.79 Å². The smallest absolute Gasteiger partial charge is 0.249 e. The standard InChI is InChI=1S/C28H39NO4/c1-5-6-7-8-22-18-25(30)28(24-17-21(4)9-10-23(24)20(2)3)26(19-22)33-14-11-27(31)29-12-15-32-16-13-29/h11,14,17-19,23-24,30H,2,5-10,12-13,15-16H2,1,3-4H3/b14-11+/t23-,24+/m0/s1. The van der Waals surface area contributed by atoms with Crippen molar-refractivity contribution in [1.82, 2.24) is 4.90 Å². The van der Waals surface area contributed by atoms with Crippen LogP contribution in [-0.2, 0) is 16.0 Å². The summed E-state index contributed by atoms with van der Waals surface area (Å²) in [7, 11) is 0. The number of morpholine rings is 1. The molecular weight excluding hydrogens is 414 g/mol. The molecule has 2 aliphatic rings. The molecule has 1 aliphatic carbocycles. The Hall–Kier alpha value is -2.53. The molecule has 5 nitrogen and oxygen atoms in total. The molecule has 33 heavy (non-hydrogen) atoms. The molecule has 0 radical (unpaired) electrons. The molecule has 0 unspecified atom stereocenters. The fourth-order valence-electron chi connectivity index (χ4n) is 4.78. The lowest BCUT2D eigenvalue weighted by Crippen LogP contribution is -2.39. The molecule has 1 fully saturated rings. The quantitative estimate of drug-likeness (QED) is 0.219. The third-order valence-electron chi connectivity index (χ3n) is 6.69. The van der Waals surface area contributed by atoms with Crippen LogP contribution in [0.1, 0.15) is 69.9 Å². The van der Waals surface area contributed by atoms with Gasteiger partial charge < -0.3 is 19.5 Å². The van der Waals surface area contributed by atoms with Gasteiger partial charge in [0.1, 0.15) is 11.5 Å². The van der Waals surface area contributed by atoms with Gasteiger partial charge in [0.25, 0.3) is 0 Å². The maximum Gasteiger partial charge on any atom is 0.249 e. The van der Waals surface area contributed by atoms with E-state index >= 15 is 0 Å². The molecule has 0 aromatic heterocycles. The summed E-state index contributed by atoms with van der Waals surface area (Å²) in [4.78, 5) is 14.3. The molecule has 0 spiro atoms. The van der Waals surface area contributed by atoms with E-state index in [0.29, 0.717) is 32.1 Å². The second kappa shape index (κ2) is 12.1. The summed E-state index contributed by atoms with van der Waals surface area (Å²) in [6, 6.07) is 3.91. The number of hydrogen-bond acceptors (Lipinski definition) is 4. The Morgan fingerprint density at radius 3 is 2.76 bits per heavy atom. The minimum atomic E-state index is -0.0867. The van der Waals surface area contributed by atoms with Crippen molar-refractivity contribution < 1.29 is 19.4 Å². The molecule has 3 rings (SSSR count). The zero-order valence-electron chi connectivity index (χ0n) is 20.4. The van der Waals surface area contributed by atoms with E-state index in [0.717, 1.165) is 55.2 Å². The van der Waals surface area contributed by atoms with E-state index in [1.54, 1.807) is 4.90 Å².